The largest absolute Gasteiger partial charge is 0.491 e. The van der Waals surface area contributed by atoms with Gasteiger partial charge in [-0.05, 0) is 108 Å². The number of ether oxygens (including phenoxy) is 1. The summed E-state index contributed by atoms with van der Waals surface area (Å²) in [7, 11) is 0. The Balaban J connectivity index is 1.16. The highest BCUT2D eigenvalue weighted by molar-refractivity contribution is 5.95. The van der Waals surface area contributed by atoms with Gasteiger partial charge in [-0.1, -0.05) is 67.1 Å². The molecule has 4 aromatic carbocycles. The average Bonchev–Trinajstić information content (AvgIpc) is 3.58. The van der Waals surface area contributed by atoms with Crippen molar-refractivity contribution >= 4 is 28.7 Å². The highest BCUT2D eigenvalue weighted by Gasteiger charge is 2.41. The average molecular weight is 725 g/mol. The maximum Gasteiger partial charge on any atom is 0.491 e. The van der Waals surface area contributed by atoms with Crippen LogP contribution in [0.2, 0.25) is 0 Å². The molecule has 0 saturated heterocycles. The van der Waals surface area contributed by atoms with E-state index in [9.17, 15) is 27.6 Å². The van der Waals surface area contributed by atoms with Gasteiger partial charge in [0.05, 0.1) is 6.42 Å². The summed E-state index contributed by atoms with van der Waals surface area (Å²) in [6.45, 7) is 1.96. The summed E-state index contributed by atoms with van der Waals surface area (Å²) in [5, 5.41) is 4.09. The van der Waals surface area contributed by atoms with E-state index < -0.39 is 12.1 Å². The van der Waals surface area contributed by atoms with Gasteiger partial charge in [-0.3, -0.25) is 9.59 Å². The highest BCUT2D eigenvalue weighted by Crippen LogP contribution is 2.28. The number of esters is 1. The minimum absolute atomic E-state index is 0.0923. The van der Waals surface area contributed by atoms with Crippen molar-refractivity contribution in [3.8, 4) is 16.9 Å². The third-order valence-electron chi connectivity index (χ3n) is 9.94. The molecule has 276 valence electrons. The Hall–Kier alpha value is -5.42. The van der Waals surface area contributed by atoms with E-state index in [-0.39, 0.29) is 24.0 Å². The third-order valence-corrected chi connectivity index (χ3v) is 9.94. The van der Waals surface area contributed by atoms with E-state index in [1.54, 1.807) is 17.0 Å². The second kappa shape index (κ2) is 16.9. The second-order valence-electron chi connectivity index (χ2n) is 13.8. The molecule has 1 aliphatic carbocycles. The van der Waals surface area contributed by atoms with Crippen LogP contribution in [0.1, 0.15) is 52.7 Å². The number of alkyl halides is 3. The zero-order chi connectivity index (χ0) is 37.4. The Morgan fingerprint density at radius 2 is 1.60 bits per heavy atom. The number of carbonyl (C=O) groups is 3. The number of rotatable bonds is 13. The molecule has 0 spiro atoms. The van der Waals surface area contributed by atoms with Gasteiger partial charge in [-0.25, -0.2) is 4.79 Å². The lowest BCUT2D eigenvalue weighted by atomic mass is 9.81. The minimum atomic E-state index is -5.09. The van der Waals surface area contributed by atoms with Gasteiger partial charge in [0.15, 0.2) is 0 Å². The fourth-order valence-corrected chi connectivity index (χ4v) is 7.05. The van der Waals surface area contributed by atoms with Crippen LogP contribution in [0.15, 0.2) is 103 Å². The lowest BCUT2D eigenvalue weighted by molar-refractivity contribution is -0.189. The maximum absolute atomic E-state index is 13.9. The number of nitrogens with one attached hydrogen (secondary N) is 2. The fraction of sp³-hybridized carbons (Fsp3) is 0.310. The Morgan fingerprint density at radius 1 is 0.868 bits per heavy atom. The van der Waals surface area contributed by atoms with Crippen LogP contribution in [-0.2, 0) is 29.0 Å². The molecule has 2 amide bonds. The number of aromatic amines is 1. The molecule has 2 atom stereocenters. The number of fused-ring (bicyclic) bond motifs is 1. The van der Waals surface area contributed by atoms with Gasteiger partial charge in [-0.15, -0.1) is 0 Å². The lowest BCUT2D eigenvalue weighted by Gasteiger charge is -2.28. The van der Waals surface area contributed by atoms with Gasteiger partial charge in [0.25, 0.3) is 5.91 Å². The Kier molecular flexibility index (Phi) is 11.9. The number of hydrogen-bond acceptors (Lipinski definition) is 5. The van der Waals surface area contributed by atoms with Crippen LogP contribution in [-0.4, -0.2) is 53.5 Å². The number of nitrogens with two attached hydrogens (primary N) is 1. The number of nitrogens with zero attached hydrogens (tertiary/aromatic N) is 1. The second-order valence-corrected chi connectivity index (χ2v) is 13.8. The summed E-state index contributed by atoms with van der Waals surface area (Å²) in [5.41, 5.74) is 11.7. The summed E-state index contributed by atoms with van der Waals surface area (Å²) < 4.78 is 42.4. The van der Waals surface area contributed by atoms with Crippen LogP contribution in [0.4, 0.5) is 13.2 Å². The molecule has 4 N–H and O–H groups in total. The number of aromatic nitrogens is 1. The molecular formula is C42H43F3N4O4. The summed E-state index contributed by atoms with van der Waals surface area (Å²) >= 11 is 0. The normalized spacial score (nSPS) is 15.9. The van der Waals surface area contributed by atoms with E-state index in [4.69, 9.17) is 5.73 Å². The standard InChI is InChI=1S/C42H43F3N4O4/c43-42(44,45)41(52)53-36-16-14-28(15-17-36)18-19-49(39(50)23-35-26-47-38-13-2-1-12-37(35)38)27-31-8-4-9-32(21-31)33-10-5-11-34(22-33)40(51)48-25-30-7-3-6-29(20-30)24-46/h1-2,4-5,8-17,21-22,26,29-30,47H,3,6-7,18-20,23-25,27,46H2,(H,48,51). The topological polar surface area (TPSA) is 118 Å². The van der Waals surface area contributed by atoms with E-state index in [2.05, 4.69) is 15.0 Å². The summed E-state index contributed by atoms with van der Waals surface area (Å²) in [4.78, 5) is 43.3. The summed E-state index contributed by atoms with van der Waals surface area (Å²) in [5.74, 6) is -1.75. The van der Waals surface area contributed by atoms with Gasteiger partial charge in [-0.2, -0.15) is 13.2 Å². The van der Waals surface area contributed by atoms with E-state index in [1.165, 1.54) is 12.1 Å². The zero-order valence-electron chi connectivity index (χ0n) is 29.3. The first-order valence-electron chi connectivity index (χ1n) is 17.9. The van der Waals surface area contributed by atoms with Crippen molar-refractivity contribution in [3.05, 3.63) is 126 Å². The highest BCUT2D eigenvalue weighted by atomic mass is 19.4. The predicted molar refractivity (Wildman–Crippen MR) is 198 cm³/mol. The number of hydrogen-bond donors (Lipinski definition) is 3. The Labute approximate surface area is 306 Å². The first kappa shape index (κ1) is 37.3. The molecule has 53 heavy (non-hydrogen) atoms. The number of amides is 2. The third kappa shape index (κ3) is 9.92. The predicted octanol–water partition coefficient (Wildman–Crippen LogP) is 7.61. The van der Waals surface area contributed by atoms with Crippen LogP contribution in [0.5, 0.6) is 5.75 Å². The first-order chi connectivity index (χ1) is 25.6. The van der Waals surface area contributed by atoms with Crippen molar-refractivity contribution in [2.45, 2.75) is 51.2 Å². The molecule has 1 heterocycles. The van der Waals surface area contributed by atoms with Crippen LogP contribution < -0.4 is 15.8 Å². The van der Waals surface area contributed by atoms with E-state index >= 15 is 0 Å². The van der Waals surface area contributed by atoms with E-state index in [1.807, 2.05) is 79.0 Å². The van der Waals surface area contributed by atoms with Crippen LogP contribution in [0, 0.1) is 11.8 Å². The number of carbonyl (C=O) groups excluding carboxylic acids is 3. The number of benzene rings is 4. The van der Waals surface area contributed by atoms with Crippen LogP contribution >= 0.6 is 0 Å². The molecule has 0 aliphatic heterocycles. The van der Waals surface area contributed by atoms with Crippen molar-refractivity contribution in [1.82, 2.24) is 15.2 Å². The van der Waals surface area contributed by atoms with E-state index in [0.717, 1.165) is 64.4 Å². The van der Waals surface area contributed by atoms with Gasteiger partial charge in [0.2, 0.25) is 5.91 Å². The van der Waals surface area contributed by atoms with Crippen LogP contribution in [0.25, 0.3) is 22.0 Å². The molecule has 0 radical (unpaired) electrons. The lowest BCUT2D eigenvalue weighted by Crippen LogP contribution is -2.33. The Bertz CT molecular complexity index is 2040. The molecule has 1 fully saturated rings. The minimum Gasteiger partial charge on any atom is -0.420 e. The molecule has 0 bridgehead atoms. The first-order valence-corrected chi connectivity index (χ1v) is 17.9. The molecule has 5 aromatic rings. The van der Waals surface area contributed by atoms with Gasteiger partial charge >= 0.3 is 12.1 Å². The van der Waals surface area contributed by atoms with Crippen molar-refractivity contribution in [3.63, 3.8) is 0 Å². The molecule has 1 aromatic heterocycles. The van der Waals surface area contributed by atoms with Gasteiger partial charge < -0.3 is 25.7 Å². The molecule has 1 saturated carbocycles. The number of halogens is 3. The van der Waals surface area contributed by atoms with Crippen LogP contribution in [0.3, 0.4) is 0 Å². The smallest absolute Gasteiger partial charge is 0.420 e. The summed E-state index contributed by atoms with van der Waals surface area (Å²) in [6, 6.07) is 28.9. The molecule has 1 aliphatic rings. The van der Waals surface area contributed by atoms with Crippen molar-refractivity contribution in [2.75, 3.05) is 19.6 Å². The maximum atomic E-state index is 13.9. The Morgan fingerprint density at radius 3 is 2.38 bits per heavy atom. The zero-order valence-corrected chi connectivity index (χ0v) is 29.3. The molecule has 6 rings (SSSR count). The number of para-hydroxylation sites is 1. The van der Waals surface area contributed by atoms with E-state index in [0.29, 0.717) is 50.0 Å². The number of H-pyrrole nitrogens is 1. The van der Waals surface area contributed by atoms with Gasteiger partial charge in [0.1, 0.15) is 5.75 Å². The fourth-order valence-electron chi connectivity index (χ4n) is 7.05. The molecular weight excluding hydrogens is 681 g/mol. The van der Waals surface area contributed by atoms with Crippen molar-refractivity contribution < 1.29 is 32.3 Å². The summed E-state index contributed by atoms with van der Waals surface area (Å²) in [6.07, 6.45) is 1.77. The van der Waals surface area contributed by atoms with Crippen molar-refractivity contribution in [2.24, 2.45) is 17.6 Å². The SMILES string of the molecule is NCC1CCCC(CNC(=O)c2cccc(-c3cccc(CN(CCc4ccc(OC(=O)C(F)(F)F)cc4)C(=O)Cc4c[nH]c5ccccc45)c3)c2)C1. The van der Waals surface area contributed by atoms with Crippen molar-refractivity contribution in [1.29, 1.82) is 0 Å². The molecule has 11 heteroatoms. The molecule has 2 unspecified atom stereocenters. The quantitative estimate of drug-likeness (QED) is 0.0854. The monoisotopic (exact) mass is 724 g/mol. The molecule has 8 nitrogen and oxygen atoms in total. The van der Waals surface area contributed by atoms with Gasteiger partial charge in [0, 0.05) is 42.3 Å².